The lowest BCUT2D eigenvalue weighted by Gasteiger charge is -2.33. The van der Waals surface area contributed by atoms with E-state index in [1.807, 2.05) is 36.4 Å². The largest absolute Gasteiger partial charge is 0.506 e. The fourth-order valence-corrected chi connectivity index (χ4v) is 7.47. The van der Waals surface area contributed by atoms with Crippen molar-refractivity contribution in [3.05, 3.63) is 129 Å². The molecule has 1 aliphatic heterocycles. The molecule has 6 nitrogen and oxygen atoms in total. The lowest BCUT2D eigenvalue weighted by molar-refractivity contribution is -0.137. The minimum Gasteiger partial charge on any atom is -0.506 e. The monoisotopic (exact) mass is 652 g/mol. The molecule has 0 spiro atoms. The average Bonchev–Trinajstić information content (AvgIpc) is 3.31. The van der Waals surface area contributed by atoms with Gasteiger partial charge in [-0.1, -0.05) is 88.6 Å². The Bertz CT molecular complexity index is 2110. The molecule has 3 N–H and O–H groups in total. The number of allylic oxidation sites excluding steroid dienone is 6. The molecular formula is C43H44N2O4. The van der Waals surface area contributed by atoms with Gasteiger partial charge < -0.3 is 20.4 Å². The summed E-state index contributed by atoms with van der Waals surface area (Å²) in [5.74, 6) is -0.982. The molecule has 3 aliphatic rings. The van der Waals surface area contributed by atoms with E-state index in [-0.39, 0.29) is 29.0 Å². The quantitative estimate of drug-likeness (QED) is 0.0803. The number of rotatable bonds is 12. The molecule has 49 heavy (non-hydrogen) atoms. The molecule has 0 saturated heterocycles. The van der Waals surface area contributed by atoms with Crippen LogP contribution in [0.5, 0.6) is 0 Å². The fraction of sp³-hybridized carbons (Fsp3) is 0.302. The third-order valence-electron chi connectivity index (χ3n) is 10.3. The fourth-order valence-electron chi connectivity index (χ4n) is 7.47. The molecule has 1 heterocycles. The minimum atomic E-state index is -0.772. The summed E-state index contributed by atoms with van der Waals surface area (Å²) in [4.78, 5) is 26.9. The normalized spacial score (nSPS) is 17.6. The number of carboxylic acids is 1. The van der Waals surface area contributed by atoms with Gasteiger partial charge in [-0.15, -0.1) is 0 Å². The second kappa shape index (κ2) is 13.0. The highest BCUT2D eigenvalue weighted by molar-refractivity contribution is 6.21. The standard InChI is InChI=1S/C43H44N2O4/c1-7-45-35-23-21-29-16-11-13-18-31(29)39(35)43(5,6)36(45)26-33-40(48)32(41(33)49)25-27(2)42(3,4)38-30-17-12-10-15-28(30)20-22-34(38)44-24-14-8-9-19-37(46)47/h11,13,15-18,20-23,25-26,44,48H,2,7-9,14,19,24H2,1,3-6H3,(H,46,47)/b32-25-,36-26+. The van der Waals surface area contributed by atoms with E-state index in [1.54, 1.807) is 6.08 Å². The first-order valence-corrected chi connectivity index (χ1v) is 17.1. The van der Waals surface area contributed by atoms with Crippen LogP contribution in [0, 0.1) is 0 Å². The van der Waals surface area contributed by atoms with Gasteiger partial charge in [-0.3, -0.25) is 9.59 Å². The molecule has 2 aliphatic carbocycles. The van der Waals surface area contributed by atoms with Crippen molar-refractivity contribution in [2.45, 2.75) is 71.1 Å². The number of aliphatic hydroxyl groups excluding tert-OH is 1. The van der Waals surface area contributed by atoms with Crippen LogP contribution < -0.4 is 10.2 Å². The number of nitrogens with zero attached hydrogens (tertiary/aromatic N) is 1. The van der Waals surface area contributed by atoms with E-state index in [9.17, 15) is 14.7 Å². The predicted molar refractivity (Wildman–Crippen MR) is 200 cm³/mol. The Kier molecular flexibility index (Phi) is 8.90. The van der Waals surface area contributed by atoms with Gasteiger partial charge in [-0.25, -0.2) is 0 Å². The van der Waals surface area contributed by atoms with Crippen molar-refractivity contribution < 1.29 is 19.8 Å². The second-order valence-electron chi connectivity index (χ2n) is 14.1. The predicted octanol–water partition coefficient (Wildman–Crippen LogP) is 9.55. The Balaban J connectivity index is 1.30. The maximum Gasteiger partial charge on any atom is 0.303 e. The lowest BCUT2D eigenvalue weighted by atomic mass is 9.72. The van der Waals surface area contributed by atoms with E-state index < -0.39 is 11.4 Å². The first-order valence-electron chi connectivity index (χ1n) is 17.1. The van der Waals surface area contributed by atoms with Gasteiger partial charge in [0.2, 0.25) is 5.78 Å². The van der Waals surface area contributed by atoms with Crippen molar-refractivity contribution in [2.75, 3.05) is 23.3 Å². The number of carboxylic acid groups (broad SMARTS) is 1. The van der Waals surface area contributed by atoms with E-state index in [2.05, 4.69) is 93.2 Å². The molecule has 0 atom stereocenters. The first kappa shape index (κ1) is 33.6. The summed E-state index contributed by atoms with van der Waals surface area (Å²) in [6.07, 6.45) is 9.89. The number of nitrogens with one attached hydrogen (secondary N) is 1. The molecule has 3 aromatic carbocycles. The Morgan fingerprint density at radius 1 is 1.04 bits per heavy atom. The average molecular weight is 653 g/mol. The van der Waals surface area contributed by atoms with Gasteiger partial charge in [0.05, 0.1) is 11.1 Å². The van der Waals surface area contributed by atoms with Crippen molar-refractivity contribution >= 4 is 46.1 Å². The van der Waals surface area contributed by atoms with Crippen LogP contribution in [-0.2, 0) is 20.4 Å². The molecule has 0 radical (unpaired) electrons. The van der Waals surface area contributed by atoms with Gasteiger partial charge in [0.1, 0.15) is 5.76 Å². The number of Topliss-reactive ketones (excluding diaryl/α,β-unsaturated/α-hetero) is 1. The number of likely N-dealkylation sites (N-methyl/N-ethyl adjacent to an activating group) is 1. The second-order valence-corrected chi connectivity index (χ2v) is 14.1. The third-order valence-corrected chi connectivity index (χ3v) is 10.3. The molecule has 0 bridgehead atoms. The van der Waals surface area contributed by atoms with Crippen LogP contribution in [-0.4, -0.2) is 35.1 Å². The molecule has 0 amide bonds. The number of anilines is 2. The van der Waals surface area contributed by atoms with Crippen LogP contribution in [0.25, 0.3) is 22.9 Å². The van der Waals surface area contributed by atoms with Gasteiger partial charge in [-0.2, -0.15) is 0 Å². The summed E-state index contributed by atoms with van der Waals surface area (Å²) < 4.78 is 0. The number of aliphatic hydroxyl groups is 1. The number of unbranched alkanes of at least 4 members (excludes halogenated alkanes) is 2. The van der Waals surface area contributed by atoms with Crippen LogP contribution in [0.4, 0.5) is 11.4 Å². The molecule has 0 aromatic heterocycles. The van der Waals surface area contributed by atoms with Crippen LogP contribution in [0.1, 0.15) is 82.6 Å². The van der Waals surface area contributed by atoms with Gasteiger partial charge in [-0.05, 0) is 94.8 Å². The molecular weight excluding hydrogens is 608 g/mol. The molecule has 0 unspecified atom stereocenters. The van der Waals surface area contributed by atoms with Crippen LogP contribution in [0.2, 0.25) is 0 Å². The summed E-state index contributed by atoms with van der Waals surface area (Å²) in [7, 11) is 0. The number of carbonyl (C=O) groups excluding carboxylic acids is 1. The smallest absolute Gasteiger partial charge is 0.303 e. The molecule has 6 heteroatoms. The highest BCUT2D eigenvalue weighted by Gasteiger charge is 2.43. The van der Waals surface area contributed by atoms with Crippen LogP contribution in [0.15, 0.2) is 107 Å². The first-order chi connectivity index (χ1) is 23.4. The highest BCUT2D eigenvalue weighted by Crippen LogP contribution is 2.52. The van der Waals surface area contributed by atoms with Crippen molar-refractivity contribution in [3.63, 3.8) is 0 Å². The number of hydrogen-bond acceptors (Lipinski definition) is 5. The zero-order chi connectivity index (χ0) is 35.1. The molecule has 0 fully saturated rings. The van der Waals surface area contributed by atoms with Crippen LogP contribution >= 0.6 is 0 Å². The summed E-state index contributed by atoms with van der Waals surface area (Å²) in [5, 5.41) is 26.3. The third kappa shape index (κ3) is 5.88. The van der Waals surface area contributed by atoms with Crippen molar-refractivity contribution in [1.82, 2.24) is 0 Å². The Morgan fingerprint density at radius 2 is 1.80 bits per heavy atom. The molecule has 6 rings (SSSR count). The molecule has 0 saturated carbocycles. The molecule has 250 valence electrons. The van der Waals surface area contributed by atoms with E-state index in [1.165, 1.54) is 16.3 Å². The summed E-state index contributed by atoms with van der Waals surface area (Å²) in [6, 6.07) is 16.8. The van der Waals surface area contributed by atoms with Gasteiger partial charge in [0, 0.05) is 47.4 Å². The minimum absolute atomic E-state index is 0.0114. The lowest BCUT2D eigenvalue weighted by Crippen LogP contribution is -2.29. The van der Waals surface area contributed by atoms with E-state index in [0.717, 1.165) is 53.1 Å². The Hall–Kier alpha value is -5.28. The highest BCUT2D eigenvalue weighted by atomic mass is 16.4. The van der Waals surface area contributed by atoms with Gasteiger partial charge in [0.15, 0.2) is 0 Å². The zero-order valence-corrected chi connectivity index (χ0v) is 29.0. The van der Waals surface area contributed by atoms with Gasteiger partial charge >= 0.3 is 5.97 Å². The van der Waals surface area contributed by atoms with Gasteiger partial charge in [0.25, 0.3) is 0 Å². The SMILES string of the molecule is C=C(/C=C1\C(=O)C(/C=C2/N(CC)c3ccc4ccccc4c3C2(C)C)=C1O)C(C)(C)c1c(NCCCCCC(=O)O)ccc2c1C=C=C=C2. The number of hydrogen-bond donors (Lipinski definition) is 3. The Labute approximate surface area is 288 Å². The number of benzene rings is 3. The van der Waals surface area contributed by atoms with Crippen molar-refractivity contribution in [2.24, 2.45) is 0 Å². The summed E-state index contributed by atoms with van der Waals surface area (Å²) in [5.41, 5.74) is 13.7. The van der Waals surface area contributed by atoms with Crippen molar-refractivity contribution in [1.29, 1.82) is 0 Å². The number of ketones is 1. The topological polar surface area (TPSA) is 89.9 Å². The van der Waals surface area contributed by atoms with Crippen molar-refractivity contribution in [3.8, 4) is 0 Å². The van der Waals surface area contributed by atoms with E-state index >= 15 is 0 Å². The zero-order valence-electron chi connectivity index (χ0n) is 29.0. The maximum absolute atomic E-state index is 13.8. The van der Waals surface area contributed by atoms with E-state index in [4.69, 9.17) is 5.11 Å². The number of carbonyl (C=O) groups is 2. The van der Waals surface area contributed by atoms with E-state index in [0.29, 0.717) is 24.1 Å². The van der Waals surface area contributed by atoms with Crippen LogP contribution in [0.3, 0.4) is 0 Å². The summed E-state index contributed by atoms with van der Waals surface area (Å²) >= 11 is 0. The molecule has 3 aromatic rings. The number of aliphatic carboxylic acids is 1. The Morgan fingerprint density at radius 3 is 2.53 bits per heavy atom. The maximum atomic E-state index is 13.8. The number of fused-ring (bicyclic) bond motifs is 4. The summed E-state index contributed by atoms with van der Waals surface area (Å²) in [6.45, 7) is 16.5.